The number of carbonyl (C=O) groups excluding carboxylic acids is 2. The summed E-state index contributed by atoms with van der Waals surface area (Å²) in [5.41, 5.74) is 1.10. The lowest BCUT2D eigenvalue weighted by Gasteiger charge is -2.22. The molecule has 0 radical (unpaired) electrons. The molecule has 3 rings (SSSR count). The number of benzene rings is 2. The van der Waals surface area contributed by atoms with Crippen LogP contribution in [0.3, 0.4) is 0 Å². The Labute approximate surface area is 186 Å². The highest BCUT2D eigenvalue weighted by Crippen LogP contribution is 2.29. The molecule has 166 valence electrons. The van der Waals surface area contributed by atoms with Crippen LogP contribution in [0.5, 0.6) is 0 Å². The van der Waals surface area contributed by atoms with E-state index in [1.54, 1.807) is 30.3 Å². The third-order valence-corrected chi connectivity index (χ3v) is 7.04. The fraction of sp³-hybridized carbons (Fsp3) is 0.333. The van der Waals surface area contributed by atoms with Crippen molar-refractivity contribution in [3.63, 3.8) is 0 Å². The molecule has 1 N–H and O–H groups in total. The zero-order chi connectivity index (χ0) is 22.6. The molecule has 1 heterocycles. The van der Waals surface area contributed by atoms with Crippen LogP contribution < -0.4 is 10.2 Å². The van der Waals surface area contributed by atoms with Crippen molar-refractivity contribution in [1.82, 2.24) is 4.31 Å². The number of nitrogens with zero attached hydrogens (tertiary/aromatic N) is 2. The number of halogens is 1. The van der Waals surface area contributed by atoms with Crippen LogP contribution in [0.4, 0.5) is 11.4 Å². The highest BCUT2D eigenvalue weighted by Gasteiger charge is 2.25. The van der Waals surface area contributed by atoms with E-state index in [1.807, 2.05) is 4.90 Å². The van der Waals surface area contributed by atoms with Gasteiger partial charge in [-0.3, -0.25) is 4.79 Å². The van der Waals surface area contributed by atoms with E-state index in [0.717, 1.165) is 30.2 Å². The Balaban J connectivity index is 1.80. The van der Waals surface area contributed by atoms with E-state index in [0.29, 0.717) is 16.4 Å². The summed E-state index contributed by atoms with van der Waals surface area (Å²) >= 11 is 6.02. The van der Waals surface area contributed by atoms with E-state index in [9.17, 15) is 18.0 Å². The number of nitrogens with one attached hydrogen (secondary N) is 1. The topological polar surface area (TPSA) is 96.0 Å². The highest BCUT2D eigenvalue weighted by molar-refractivity contribution is 7.89. The number of amides is 1. The zero-order valence-electron chi connectivity index (χ0n) is 17.3. The molecular weight excluding hydrogens is 442 g/mol. The minimum absolute atomic E-state index is 0.0204. The quantitative estimate of drug-likeness (QED) is 0.631. The molecule has 0 aliphatic carbocycles. The molecule has 1 amide bonds. The summed E-state index contributed by atoms with van der Waals surface area (Å²) in [5, 5.41) is 2.94. The van der Waals surface area contributed by atoms with Crippen LogP contribution in [-0.4, -0.2) is 58.4 Å². The van der Waals surface area contributed by atoms with E-state index in [-0.39, 0.29) is 10.5 Å². The molecule has 0 saturated carbocycles. The largest absolute Gasteiger partial charge is 0.452 e. The molecule has 31 heavy (non-hydrogen) atoms. The van der Waals surface area contributed by atoms with Crippen molar-refractivity contribution in [2.75, 3.05) is 44.0 Å². The van der Waals surface area contributed by atoms with Crippen LogP contribution in [0.2, 0.25) is 5.02 Å². The number of hydrogen-bond donors (Lipinski definition) is 1. The van der Waals surface area contributed by atoms with Crippen molar-refractivity contribution in [3.8, 4) is 0 Å². The van der Waals surface area contributed by atoms with Crippen LogP contribution in [0.1, 0.15) is 23.2 Å². The van der Waals surface area contributed by atoms with Gasteiger partial charge in [-0.15, -0.1) is 0 Å². The van der Waals surface area contributed by atoms with Crippen molar-refractivity contribution in [2.24, 2.45) is 0 Å². The van der Waals surface area contributed by atoms with Gasteiger partial charge >= 0.3 is 5.97 Å². The van der Waals surface area contributed by atoms with Crippen molar-refractivity contribution in [2.45, 2.75) is 17.7 Å². The molecular formula is C21H24ClN3O5S. The highest BCUT2D eigenvalue weighted by atomic mass is 35.5. The van der Waals surface area contributed by atoms with Crippen molar-refractivity contribution in [1.29, 1.82) is 0 Å². The average Bonchev–Trinajstić information content (AvgIpc) is 3.28. The second kappa shape index (κ2) is 9.67. The van der Waals surface area contributed by atoms with Gasteiger partial charge in [-0.25, -0.2) is 17.5 Å². The Morgan fingerprint density at radius 2 is 1.81 bits per heavy atom. The molecule has 1 saturated heterocycles. The molecule has 1 aliphatic heterocycles. The first-order chi connectivity index (χ1) is 14.7. The molecule has 2 aromatic carbocycles. The number of hydrogen-bond acceptors (Lipinski definition) is 6. The Kier molecular flexibility index (Phi) is 7.19. The first kappa shape index (κ1) is 23.1. The fourth-order valence-electron chi connectivity index (χ4n) is 3.24. The van der Waals surface area contributed by atoms with Crippen LogP contribution in [0.25, 0.3) is 0 Å². The number of esters is 1. The minimum atomic E-state index is -3.74. The Bertz CT molecular complexity index is 1080. The van der Waals surface area contributed by atoms with Crippen molar-refractivity contribution >= 4 is 44.9 Å². The van der Waals surface area contributed by atoms with E-state index in [4.69, 9.17) is 16.3 Å². The standard InChI is InChI=1S/C21H24ClN3O5S/c1-24(2)31(28,29)15-9-10-19(25-11-5-6-12-25)16(13-15)21(27)30-14-20(26)23-18-8-4-3-7-17(18)22/h3-4,7-10,13H,5-6,11-12,14H2,1-2H3,(H,23,26). The number of rotatable bonds is 7. The lowest BCUT2D eigenvalue weighted by molar-refractivity contribution is -0.119. The molecule has 10 heteroatoms. The van der Waals surface area contributed by atoms with Gasteiger partial charge in [0.15, 0.2) is 6.61 Å². The Morgan fingerprint density at radius 1 is 1.13 bits per heavy atom. The van der Waals surface area contributed by atoms with Gasteiger partial charge in [0.25, 0.3) is 5.91 Å². The van der Waals surface area contributed by atoms with Gasteiger partial charge < -0.3 is 15.0 Å². The van der Waals surface area contributed by atoms with Gasteiger partial charge in [0.05, 0.1) is 26.9 Å². The van der Waals surface area contributed by atoms with Gasteiger partial charge in [0, 0.05) is 27.2 Å². The van der Waals surface area contributed by atoms with Crippen LogP contribution in [0.15, 0.2) is 47.4 Å². The van der Waals surface area contributed by atoms with Gasteiger partial charge in [-0.05, 0) is 43.2 Å². The second-order valence-electron chi connectivity index (χ2n) is 7.26. The van der Waals surface area contributed by atoms with Gasteiger partial charge in [0.1, 0.15) is 0 Å². The van der Waals surface area contributed by atoms with Crippen LogP contribution >= 0.6 is 11.6 Å². The third kappa shape index (κ3) is 5.36. The molecule has 0 bridgehead atoms. The Hall–Kier alpha value is -2.62. The minimum Gasteiger partial charge on any atom is -0.452 e. The van der Waals surface area contributed by atoms with Crippen molar-refractivity contribution in [3.05, 3.63) is 53.1 Å². The number of para-hydroxylation sites is 1. The summed E-state index contributed by atoms with van der Waals surface area (Å²) in [4.78, 5) is 27.0. The molecule has 0 unspecified atom stereocenters. The van der Waals surface area contributed by atoms with Gasteiger partial charge in [-0.2, -0.15) is 0 Å². The number of anilines is 2. The lowest BCUT2D eigenvalue weighted by atomic mass is 10.1. The summed E-state index contributed by atoms with van der Waals surface area (Å²) in [5.74, 6) is -1.33. The summed E-state index contributed by atoms with van der Waals surface area (Å²) in [6.07, 6.45) is 1.96. The van der Waals surface area contributed by atoms with Crippen molar-refractivity contribution < 1.29 is 22.7 Å². The summed E-state index contributed by atoms with van der Waals surface area (Å²) < 4.78 is 31.3. The normalized spacial score (nSPS) is 14.0. The maximum atomic E-state index is 12.8. The first-order valence-electron chi connectivity index (χ1n) is 9.73. The van der Waals surface area contributed by atoms with Crippen LogP contribution in [-0.2, 0) is 19.6 Å². The van der Waals surface area contributed by atoms with Gasteiger partial charge in [-0.1, -0.05) is 23.7 Å². The lowest BCUT2D eigenvalue weighted by Crippen LogP contribution is -2.26. The van der Waals surface area contributed by atoms with E-state index in [1.165, 1.54) is 26.2 Å². The number of sulfonamides is 1. The molecule has 0 aromatic heterocycles. The third-order valence-electron chi connectivity index (χ3n) is 4.90. The average molecular weight is 466 g/mol. The van der Waals surface area contributed by atoms with Crippen LogP contribution in [0, 0.1) is 0 Å². The molecule has 1 aliphatic rings. The van der Waals surface area contributed by atoms with Gasteiger partial charge in [0.2, 0.25) is 10.0 Å². The fourth-order valence-corrected chi connectivity index (χ4v) is 4.35. The predicted molar refractivity (Wildman–Crippen MR) is 119 cm³/mol. The number of ether oxygens (including phenoxy) is 1. The maximum absolute atomic E-state index is 12.8. The molecule has 1 fully saturated rings. The monoisotopic (exact) mass is 465 g/mol. The zero-order valence-corrected chi connectivity index (χ0v) is 18.9. The number of carbonyl (C=O) groups is 2. The summed E-state index contributed by atoms with van der Waals surface area (Å²) in [7, 11) is -0.902. The molecule has 0 atom stereocenters. The van der Waals surface area contributed by atoms with E-state index >= 15 is 0 Å². The predicted octanol–water partition coefficient (Wildman–Crippen LogP) is 2.99. The van der Waals surface area contributed by atoms with E-state index < -0.39 is 28.5 Å². The SMILES string of the molecule is CN(C)S(=O)(=O)c1ccc(N2CCCC2)c(C(=O)OCC(=O)Nc2ccccc2Cl)c1. The Morgan fingerprint density at radius 3 is 2.45 bits per heavy atom. The smallest absolute Gasteiger partial charge is 0.340 e. The molecule has 2 aromatic rings. The maximum Gasteiger partial charge on any atom is 0.340 e. The summed E-state index contributed by atoms with van der Waals surface area (Å²) in [6.45, 7) is 0.980. The second-order valence-corrected chi connectivity index (χ2v) is 9.82. The molecule has 0 spiro atoms. The summed E-state index contributed by atoms with van der Waals surface area (Å²) in [6, 6.07) is 11.1. The first-order valence-corrected chi connectivity index (χ1v) is 11.5. The van der Waals surface area contributed by atoms with E-state index in [2.05, 4.69) is 5.32 Å². The molecule has 8 nitrogen and oxygen atoms in total.